The van der Waals surface area contributed by atoms with E-state index in [1.54, 1.807) is 29.1 Å². The van der Waals surface area contributed by atoms with E-state index < -0.39 is 0 Å². The van der Waals surface area contributed by atoms with Crippen molar-refractivity contribution in [2.75, 3.05) is 48.3 Å². The summed E-state index contributed by atoms with van der Waals surface area (Å²) in [6.07, 6.45) is 3.99. The van der Waals surface area contributed by atoms with E-state index in [1.807, 2.05) is 31.3 Å². The van der Waals surface area contributed by atoms with E-state index in [-0.39, 0.29) is 18.2 Å². The number of rotatable bonds is 6. The summed E-state index contributed by atoms with van der Waals surface area (Å²) in [6, 6.07) is 12.6. The zero-order valence-electron chi connectivity index (χ0n) is 22.7. The Bertz CT molecular complexity index is 1640. The Morgan fingerprint density at radius 1 is 1.10 bits per heavy atom. The summed E-state index contributed by atoms with van der Waals surface area (Å²) >= 11 is 0. The van der Waals surface area contributed by atoms with Gasteiger partial charge in [0, 0.05) is 56.6 Å². The van der Waals surface area contributed by atoms with Gasteiger partial charge in [0.2, 0.25) is 5.82 Å². The number of amides is 1. The Morgan fingerprint density at radius 3 is 2.66 bits per heavy atom. The van der Waals surface area contributed by atoms with Gasteiger partial charge in [-0.05, 0) is 49.1 Å². The van der Waals surface area contributed by atoms with Gasteiger partial charge in [-0.25, -0.2) is 9.97 Å². The number of para-hydroxylation sites is 1. The molecule has 1 aromatic carbocycles. The van der Waals surface area contributed by atoms with Gasteiger partial charge >= 0.3 is 0 Å². The third kappa shape index (κ3) is 5.74. The van der Waals surface area contributed by atoms with Gasteiger partial charge in [0.15, 0.2) is 5.82 Å². The molecule has 208 valence electrons. The van der Waals surface area contributed by atoms with Crippen molar-refractivity contribution in [3.63, 3.8) is 0 Å². The summed E-state index contributed by atoms with van der Waals surface area (Å²) in [7, 11) is 1.87. The van der Waals surface area contributed by atoms with Gasteiger partial charge in [-0.3, -0.25) is 9.48 Å². The van der Waals surface area contributed by atoms with Crippen molar-refractivity contribution in [2.45, 2.75) is 18.8 Å². The second kappa shape index (κ2) is 11.1. The van der Waals surface area contributed by atoms with Crippen LogP contribution in [-0.2, 0) is 7.05 Å². The van der Waals surface area contributed by atoms with Gasteiger partial charge in [-0.1, -0.05) is 18.1 Å². The van der Waals surface area contributed by atoms with E-state index in [0.717, 1.165) is 30.0 Å². The Morgan fingerprint density at radius 2 is 1.88 bits per heavy atom. The van der Waals surface area contributed by atoms with Gasteiger partial charge in [-0.15, -0.1) is 10.2 Å². The lowest BCUT2D eigenvalue weighted by Crippen LogP contribution is -2.47. The Kier molecular flexibility index (Phi) is 7.08. The van der Waals surface area contributed by atoms with Crippen LogP contribution in [0, 0.1) is 11.8 Å². The summed E-state index contributed by atoms with van der Waals surface area (Å²) in [4.78, 5) is 25.7. The minimum Gasteiger partial charge on any atom is -0.507 e. The van der Waals surface area contributed by atoms with E-state index >= 15 is 0 Å². The van der Waals surface area contributed by atoms with Crippen molar-refractivity contribution in [1.29, 1.82) is 0 Å². The number of nitrogen functional groups attached to an aromatic ring is 1. The number of hydrogen-bond acceptors (Lipinski definition) is 10. The number of anilines is 3. The highest BCUT2D eigenvalue weighted by Gasteiger charge is 2.28. The van der Waals surface area contributed by atoms with Crippen LogP contribution in [0.2, 0.25) is 0 Å². The number of aryl methyl sites for hydroxylation is 1. The Labute approximate surface area is 237 Å². The molecule has 3 aromatic heterocycles. The molecule has 12 heteroatoms. The number of nitrogens with zero attached hydrogens (tertiary/aromatic N) is 8. The first-order valence-electron chi connectivity index (χ1n) is 13.5. The lowest BCUT2D eigenvalue weighted by Gasteiger charge is -2.36. The lowest BCUT2D eigenvalue weighted by atomic mass is 10.1. The summed E-state index contributed by atoms with van der Waals surface area (Å²) in [5.41, 5.74) is 9.64. The van der Waals surface area contributed by atoms with Crippen LogP contribution >= 0.6 is 0 Å². The molecule has 6 rings (SSSR count). The first-order chi connectivity index (χ1) is 20.0. The minimum atomic E-state index is -0.243. The number of aromatic hydroxyl groups is 1. The normalized spacial score (nSPS) is 14.9. The number of benzene rings is 1. The molecule has 4 heterocycles. The fraction of sp³-hybridized carbons (Fsp3) is 0.310. The number of nitrogens with one attached hydrogen (secondary N) is 1. The Hall–Kier alpha value is -5.18. The van der Waals surface area contributed by atoms with Crippen LogP contribution in [0.25, 0.3) is 11.3 Å². The molecule has 0 radical (unpaired) electrons. The van der Waals surface area contributed by atoms with E-state index in [4.69, 9.17) is 5.73 Å². The molecule has 4 N–H and O–H groups in total. The molecule has 1 aliphatic carbocycles. The van der Waals surface area contributed by atoms with Crippen molar-refractivity contribution in [2.24, 2.45) is 7.05 Å². The molecule has 1 aliphatic heterocycles. The first kappa shape index (κ1) is 26.1. The molecule has 0 atom stereocenters. The fourth-order valence-electron chi connectivity index (χ4n) is 4.92. The quantitative estimate of drug-likeness (QED) is 0.304. The largest absolute Gasteiger partial charge is 0.507 e. The zero-order valence-corrected chi connectivity index (χ0v) is 22.7. The lowest BCUT2D eigenvalue weighted by molar-refractivity contribution is 0.0953. The standard InChI is InChI=1S/C29H30N10O2/c1-37-23(19-8-9-19)18-22(36-37)29(41)32-11-4-7-26-31-12-10-27(33-26)39-15-13-38(14-16-39)24-17-21(34-35-28(24)30)20-5-2-3-6-25(20)40/h2-3,5-6,10,12,17-19,40H,8-9,11,13-16H2,1H3,(H2,30,35)(H,32,41). The number of nitrogens with two attached hydrogens (primary N) is 1. The molecule has 0 bridgehead atoms. The van der Waals surface area contributed by atoms with E-state index in [1.165, 1.54) is 0 Å². The van der Waals surface area contributed by atoms with Crippen molar-refractivity contribution in [3.05, 3.63) is 65.9 Å². The molecule has 1 saturated heterocycles. The average Bonchev–Trinajstić information content (AvgIpc) is 3.76. The smallest absolute Gasteiger partial charge is 0.272 e. The zero-order chi connectivity index (χ0) is 28.3. The maximum absolute atomic E-state index is 12.5. The highest BCUT2D eigenvalue weighted by Crippen LogP contribution is 2.40. The molecule has 1 saturated carbocycles. The monoisotopic (exact) mass is 550 g/mol. The number of phenolic OH excluding ortho intramolecular Hbond substituents is 1. The molecule has 41 heavy (non-hydrogen) atoms. The number of phenols is 1. The molecule has 2 aliphatic rings. The van der Waals surface area contributed by atoms with Gasteiger partial charge in [0.1, 0.15) is 17.3 Å². The molecule has 4 aromatic rings. The molecular formula is C29H30N10O2. The summed E-state index contributed by atoms with van der Waals surface area (Å²) in [5.74, 6) is 7.81. The van der Waals surface area contributed by atoms with E-state index in [9.17, 15) is 9.90 Å². The van der Waals surface area contributed by atoms with Gasteiger partial charge in [-0.2, -0.15) is 5.10 Å². The molecule has 0 unspecified atom stereocenters. The van der Waals surface area contributed by atoms with Crippen LogP contribution in [0.3, 0.4) is 0 Å². The van der Waals surface area contributed by atoms with Crippen LogP contribution in [-0.4, -0.2) is 73.7 Å². The topological polar surface area (TPSA) is 151 Å². The van der Waals surface area contributed by atoms with Crippen LogP contribution in [0.4, 0.5) is 17.3 Å². The minimum absolute atomic E-state index is 0.142. The summed E-state index contributed by atoms with van der Waals surface area (Å²) in [6.45, 7) is 2.98. The number of aromatic nitrogens is 6. The van der Waals surface area contributed by atoms with E-state index in [2.05, 4.69) is 52.2 Å². The van der Waals surface area contributed by atoms with Crippen molar-refractivity contribution in [1.82, 2.24) is 35.3 Å². The highest BCUT2D eigenvalue weighted by molar-refractivity contribution is 5.92. The van der Waals surface area contributed by atoms with Crippen molar-refractivity contribution >= 4 is 23.2 Å². The molecule has 12 nitrogen and oxygen atoms in total. The third-order valence-corrected chi connectivity index (χ3v) is 7.25. The molecule has 0 spiro atoms. The van der Waals surface area contributed by atoms with Crippen molar-refractivity contribution in [3.8, 4) is 28.8 Å². The second-order valence-corrected chi connectivity index (χ2v) is 10.1. The Balaban J connectivity index is 1.06. The predicted octanol–water partition coefficient (Wildman–Crippen LogP) is 1.94. The van der Waals surface area contributed by atoms with Gasteiger partial charge in [0.25, 0.3) is 5.91 Å². The molecule has 2 fully saturated rings. The van der Waals surface area contributed by atoms with Gasteiger partial charge in [0.05, 0.1) is 17.9 Å². The number of hydrogen-bond donors (Lipinski definition) is 3. The van der Waals surface area contributed by atoms with Crippen molar-refractivity contribution < 1.29 is 9.90 Å². The number of carbonyl (C=O) groups is 1. The maximum Gasteiger partial charge on any atom is 0.272 e. The van der Waals surface area contributed by atoms with E-state index in [0.29, 0.717) is 60.7 Å². The number of carbonyl (C=O) groups excluding carboxylic acids is 1. The highest BCUT2D eigenvalue weighted by atomic mass is 16.3. The molecular weight excluding hydrogens is 520 g/mol. The first-order valence-corrected chi connectivity index (χ1v) is 13.5. The van der Waals surface area contributed by atoms with Crippen LogP contribution < -0.4 is 20.9 Å². The predicted molar refractivity (Wildman–Crippen MR) is 154 cm³/mol. The SMILES string of the molecule is Cn1nc(C(=O)NCC#Cc2nccc(N3CCN(c4cc(-c5ccccc5O)nnc4N)CC3)n2)cc1C1CC1. The van der Waals surface area contributed by atoms with Gasteiger partial charge < -0.3 is 26.0 Å². The van der Waals surface area contributed by atoms with Crippen LogP contribution in [0.1, 0.15) is 40.8 Å². The van der Waals surface area contributed by atoms with Crippen LogP contribution in [0.5, 0.6) is 5.75 Å². The van der Waals surface area contributed by atoms with Crippen LogP contribution in [0.15, 0.2) is 48.7 Å². The maximum atomic E-state index is 12.5. The number of piperazine rings is 1. The molecule has 1 amide bonds. The third-order valence-electron chi connectivity index (χ3n) is 7.25. The second-order valence-electron chi connectivity index (χ2n) is 10.1. The average molecular weight is 551 g/mol. The summed E-state index contributed by atoms with van der Waals surface area (Å²) < 4.78 is 1.79. The summed E-state index contributed by atoms with van der Waals surface area (Å²) in [5, 5.41) is 25.7. The fourth-order valence-corrected chi connectivity index (χ4v) is 4.92.